The molecule has 2 rings (SSSR count). The molecule has 1 heterocycles. The molecule has 0 radical (unpaired) electrons. The summed E-state index contributed by atoms with van der Waals surface area (Å²) in [5.41, 5.74) is 7.89. The maximum Gasteiger partial charge on any atom is 0.253 e. The number of aryl methyl sites for hydroxylation is 1. The van der Waals surface area contributed by atoms with Crippen LogP contribution in [0.25, 0.3) is 0 Å². The van der Waals surface area contributed by atoms with Crippen LogP contribution in [-0.2, 0) is 0 Å². The van der Waals surface area contributed by atoms with Crippen LogP contribution in [0.4, 0.5) is 5.69 Å². The molecule has 0 saturated carbocycles. The molecule has 4 nitrogen and oxygen atoms in total. The fourth-order valence-corrected chi connectivity index (χ4v) is 2.62. The van der Waals surface area contributed by atoms with Crippen LogP contribution in [0.5, 0.6) is 0 Å². The van der Waals surface area contributed by atoms with Crippen LogP contribution < -0.4 is 11.1 Å². The Bertz CT molecular complexity index is 566. The summed E-state index contributed by atoms with van der Waals surface area (Å²) in [5, 5.41) is 5.81. The Morgan fingerprint density at radius 1 is 1.53 bits per heavy atom. The van der Waals surface area contributed by atoms with Gasteiger partial charge in [-0.05, 0) is 25.5 Å². The first kappa shape index (κ1) is 13.5. The molecule has 1 aromatic carbocycles. The molecule has 1 aromatic heterocycles. The lowest BCUT2D eigenvalue weighted by molar-refractivity contribution is 0.0936. The fraction of sp³-hybridized carbons (Fsp3) is 0.286. The van der Waals surface area contributed by atoms with Crippen molar-refractivity contribution in [2.75, 3.05) is 5.73 Å². The van der Waals surface area contributed by atoms with Gasteiger partial charge in [0.2, 0.25) is 0 Å². The molecule has 1 atom stereocenters. The van der Waals surface area contributed by atoms with Crippen molar-refractivity contribution in [1.29, 1.82) is 0 Å². The molecule has 0 fully saturated rings. The van der Waals surface area contributed by atoms with E-state index in [1.807, 2.05) is 25.3 Å². The van der Waals surface area contributed by atoms with Gasteiger partial charge in [0.05, 0.1) is 11.6 Å². The first-order valence-electron chi connectivity index (χ1n) is 6.18. The van der Waals surface area contributed by atoms with Gasteiger partial charge in [-0.25, -0.2) is 4.98 Å². The number of nitrogens with zero attached hydrogens (tertiary/aromatic N) is 1. The Morgan fingerprint density at radius 2 is 2.32 bits per heavy atom. The monoisotopic (exact) mass is 275 g/mol. The molecular weight excluding hydrogens is 258 g/mol. The zero-order valence-corrected chi connectivity index (χ0v) is 11.8. The summed E-state index contributed by atoms with van der Waals surface area (Å²) >= 11 is 1.54. The van der Waals surface area contributed by atoms with Crippen LogP contribution in [0, 0.1) is 6.92 Å². The zero-order valence-electron chi connectivity index (χ0n) is 11.0. The van der Waals surface area contributed by atoms with Gasteiger partial charge in [-0.3, -0.25) is 4.79 Å². The quantitative estimate of drug-likeness (QED) is 0.843. The third-order valence-corrected chi connectivity index (χ3v) is 3.81. The highest BCUT2D eigenvalue weighted by molar-refractivity contribution is 7.09. The third-order valence-electron chi connectivity index (χ3n) is 2.92. The lowest BCUT2D eigenvalue weighted by Crippen LogP contribution is -2.28. The van der Waals surface area contributed by atoms with Gasteiger partial charge in [0.15, 0.2) is 0 Å². The highest BCUT2D eigenvalue weighted by Crippen LogP contribution is 2.21. The second-order valence-electron chi connectivity index (χ2n) is 4.40. The number of thiazole rings is 1. The van der Waals surface area contributed by atoms with Crippen molar-refractivity contribution < 1.29 is 4.79 Å². The van der Waals surface area contributed by atoms with Crippen molar-refractivity contribution in [1.82, 2.24) is 10.3 Å². The Labute approximate surface area is 116 Å². The van der Waals surface area contributed by atoms with Gasteiger partial charge in [0.25, 0.3) is 5.91 Å². The maximum absolute atomic E-state index is 12.3. The second kappa shape index (κ2) is 5.84. The SMILES string of the molecule is CCC(NC(=O)c1cc(C)ccc1N)c1nccs1. The summed E-state index contributed by atoms with van der Waals surface area (Å²) < 4.78 is 0. The van der Waals surface area contributed by atoms with E-state index in [2.05, 4.69) is 10.3 Å². The van der Waals surface area contributed by atoms with E-state index in [1.54, 1.807) is 29.7 Å². The molecule has 1 amide bonds. The summed E-state index contributed by atoms with van der Waals surface area (Å²) in [5.74, 6) is -0.150. The van der Waals surface area contributed by atoms with E-state index in [1.165, 1.54) is 0 Å². The van der Waals surface area contributed by atoms with Gasteiger partial charge in [-0.1, -0.05) is 18.6 Å². The molecule has 0 aliphatic heterocycles. The minimum absolute atomic E-state index is 0.0626. The predicted octanol–water partition coefficient (Wildman–Crippen LogP) is 2.91. The van der Waals surface area contributed by atoms with Crippen LogP contribution in [0.2, 0.25) is 0 Å². The average molecular weight is 275 g/mol. The average Bonchev–Trinajstić information content (AvgIpc) is 2.92. The molecule has 1 unspecified atom stereocenters. The predicted molar refractivity (Wildman–Crippen MR) is 78.2 cm³/mol. The molecule has 0 aliphatic carbocycles. The number of rotatable bonds is 4. The van der Waals surface area contributed by atoms with E-state index < -0.39 is 0 Å². The van der Waals surface area contributed by atoms with Gasteiger partial charge in [-0.2, -0.15) is 0 Å². The molecule has 19 heavy (non-hydrogen) atoms. The number of nitrogen functional groups attached to an aromatic ring is 1. The van der Waals surface area contributed by atoms with Gasteiger partial charge < -0.3 is 11.1 Å². The molecule has 0 spiro atoms. The highest BCUT2D eigenvalue weighted by Gasteiger charge is 2.17. The highest BCUT2D eigenvalue weighted by atomic mass is 32.1. The molecule has 0 aliphatic rings. The molecule has 5 heteroatoms. The van der Waals surface area contributed by atoms with Crippen molar-refractivity contribution in [3.05, 3.63) is 45.9 Å². The third kappa shape index (κ3) is 3.12. The van der Waals surface area contributed by atoms with Crippen molar-refractivity contribution in [2.24, 2.45) is 0 Å². The van der Waals surface area contributed by atoms with E-state index in [9.17, 15) is 4.79 Å². The summed E-state index contributed by atoms with van der Waals surface area (Å²) in [6, 6.07) is 5.39. The molecule has 0 bridgehead atoms. The van der Waals surface area contributed by atoms with Gasteiger partial charge in [-0.15, -0.1) is 11.3 Å². The Balaban J connectivity index is 2.18. The standard InChI is InChI=1S/C14H17N3OS/c1-3-12(14-16-6-7-19-14)17-13(18)10-8-9(2)4-5-11(10)15/h4-8,12H,3,15H2,1-2H3,(H,17,18). The largest absolute Gasteiger partial charge is 0.398 e. The van der Waals surface area contributed by atoms with Gasteiger partial charge in [0, 0.05) is 17.3 Å². The molecule has 100 valence electrons. The first-order valence-corrected chi connectivity index (χ1v) is 7.06. The lowest BCUT2D eigenvalue weighted by Gasteiger charge is -2.15. The van der Waals surface area contributed by atoms with E-state index in [-0.39, 0.29) is 11.9 Å². The zero-order chi connectivity index (χ0) is 13.8. The molecule has 2 aromatic rings. The van der Waals surface area contributed by atoms with Crippen molar-refractivity contribution in [3.8, 4) is 0 Å². The fourth-order valence-electron chi connectivity index (χ4n) is 1.85. The van der Waals surface area contributed by atoms with E-state index >= 15 is 0 Å². The summed E-state index contributed by atoms with van der Waals surface area (Å²) in [7, 11) is 0. The number of benzene rings is 1. The number of anilines is 1. The van der Waals surface area contributed by atoms with Crippen LogP contribution in [0.15, 0.2) is 29.8 Å². The number of hydrogen-bond donors (Lipinski definition) is 2. The summed E-state index contributed by atoms with van der Waals surface area (Å²) in [4.78, 5) is 16.5. The van der Waals surface area contributed by atoms with Crippen LogP contribution in [0.1, 0.15) is 40.3 Å². The number of amides is 1. The van der Waals surface area contributed by atoms with Crippen molar-refractivity contribution in [2.45, 2.75) is 26.3 Å². The maximum atomic E-state index is 12.3. The summed E-state index contributed by atoms with van der Waals surface area (Å²) in [6.45, 7) is 3.96. The first-order chi connectivity index (χ1) is 9.11. The molecule has 0 saturated heterocycles. The van der Waals surface area contributed by atoms with Gasteiger partial charge >= 0.3 is 0 Å². The number of nitrogens with one attached hydrogen (secondary N) is 1. The van der Waals surface area contributed by atoms with E-state index in [0.29, 0.717) is 11.3 Å². The van der Waals surface area contributed by atoms with Crippen LogP contribution >= 0.6 is 11.3 Å². The molecule has 3 N–H and O–H groups in total. The topological polar surface area (TPSA) is 68.0 Å². The smallest absolute Gasteiger partial charge is 0.253 e. The van der Waals surface area contributed by atoms with E-state index in [0.717, 1.165) is 17.0 Å². The van der Waals surface area contributed by atoms with Crippen molar-refractivity contribution in [3.63, 3.8) is 0 Å². The lowest BCUT2D eigenvalue weighted by atomic mass is 10.1. The minimum atomic E-state index is -0.150. The van der Waals surface area contributed by atoms with Crippen molar-refractivity contribution >= 4 is 22.9 Å². The van der Waals surface area contributed by atoms with Crippen LogP contribution in [0.3, 0.4) is 0 Å². The van der Waals surface area contributed by atoms with E-state index in [4.69, 9.17) is 5.73 Å². The van der Waals surface area contributed by atoms with Crippen LogP contribution in [-0.4, -0.2) is 10.9 Å². The Morgan fingerprint density at radius 3 is 2.95 bits per heavy atom. The summed E-state index contributed by atoms with van der Waals surface area (Å²) in [6.07, 6.45) is 2.54. The number of carbonyl (C=O) groups is 1. The van der Waals surface area contributed by atoms with Gasteiger partial charge in [0.1, 0.15) is 5.01 Å². The normalized spacial score (nSPS) is 12.1. The Kier molecular flexibility index (Phi) is 4.16. The molecular formula is C14H17N3OS. The number of aromatic nitrogens is 1. The number of nitrogens with two attached hydrogens (primary N) is 1. The Hall–Kier alpha value is -1.88. The second-order valence-corrected chi connectivity index (χ2v) is 5.32. The number of carbonyl (C=O) groups excluding carboxylic acids is 1. The number of hydrogen-bond acceptors (Lipinski definition) is 4. The minimum Gasteiger partial charge on any atom is -0.398 e.